The molecule has 0 unspecified atom stereocenters. The Kier molecular flexibility index (Phi) is 4.50. The van der Waals surface area contributed by atoms with Crippen LogP contribution in [0.2, 0.25) is 0 Å². The van der Waals surface area contributed by atoms with E-state index in [2.05, 4.69) is 20.9 Å². The first-order valence-corrected chi connectivity index (χ1v) is 6.55. The molecule has 0 saturated carbocycles. The molecule has 96 valence electrons. The lowest BCUT2D eigenvalue weighted by Crippen LogP contribution is -1.96. The van der Waals surface area contributed by atoms with Gasteiger partial charge in [0.1, 0.15) is 12.4 Å². The van der Waals surface area contributed by atoms with Crippen LogP contribution in [0.1, 0.15) is 11.1 Å². The van der Waals surface area contributed by atoms with Gasteiger partial charge >= 0.3 is 0 Å². The van der Waals surface area contributed by atoms with Gasteiger partial charge in [0.2, 0.25) is 6.08 Å². The first kappa shape index (κ1) is 13.5. The van der Waals surface area contributed by atoms with Crippen LogP contribution in [0.3, 0.4) is 0 Å². The van der Waals surface area contributed by atoms with E-state index in [0.29, 0.717) is 12.3 Å². The second kappa shape index (κ2) is 6.32. The summed E-state index contributed by atoms with van der Waals surface area (Å²) in [5.74, 6) is 0.760. The monoisotopic (exact) mass is 317 g/mol. The van der Waals surface area contributed by atoms with Gasteiger partial charge in [-0.2, -0.15) is 4.99 Å². The zero-order valence-corrected chi connectivity index (χ0v) is 12.0. The normalized spacial score (nSPS) is 9.79. The Hall–Kier alpha value is -1.90. The van der Waals surface area contributed by atoms with E-state index in [-0.39, 0.29) is 0 Å². The molecule has 0 amide bonds. The summed E-state index contributed by atoms with van der Waals surface area (Å²) in [4.78, 5) is 14.0. The lowest BCUT2D eigenvalue weighted by molar-refractivity contribution is 0.304. The number of isocyanates is 1. The van der Waals surface area contributed by atoms with E-state index in [4.69, 9.17) is 4.74 Å². The Morgan fingerprint density at radius 3 is 2.79 bits per heavy atom. The average molecular weight is 318 g/mol. The van der Waals surface area contributed by atoms with Gasteiger partial charge in [0, 0.05) is 5.56 Å². The molecule has 2 rings (SSSR count). The Morgan fingerprint density at radius 2 is 2.05 bits per heavy atom. The van der Waals surface area contributed by atoms with Crippen LogP contribution in [-0.2, 0) is 11.4 Å². The van der Waals surface area contributed by atoms with Gasteiger partial charge in [-0.3, -0.25) is 0 Å². The molecule has 0 atom stereocenters. The first-order valence-electron chi connectivity index (χ1n) is 5.75. The highest BCUT2D eigenvalue weighted by Gasteiger charge is 2.04. The number of nitrogens with zero attached hydrogens (tertiary/aromatic N) is 1. The summed E-state index contributed by atoms with van der Waals surface area (Å²) >= 11 is 3.46. The Labute approximate surface area is 120 Å². The van der Waals surface area contributed by atoms with Gasteiger partial charge in [0.15, 0.2) is 0 Å². The van der Waals surface area contributed by atoms with E-state index >= 15 is 0 Å². The third-order valence-electron chi connectivity index (χ3n) is 2.63. The molecular weight excluding hydrogens is 306 g/mol. The molecule has 0 bridgehead atoms. The maximum Gasteiger partial charge on any atom is 0.240 e. The quantitative estimate of drug-likeness (QED) is 0.622. The van der Waals surface area contributed by atoms with E-state index in [9.17, 15) is 4.79 Å². The molecule has 0 fully saturated rings. The van der Waals surface area contributed by atoms with Crippen LogP contribution in [0.15, 0.2) is 51.9 Å². The lowest BCUT2D eigenvalue weighted by atomic mass is 10.2. The highest BCUT2D eigenvalue weighted by molar-refractivity contribution is 9.10. The Bertz CT molecular complexity index is 634. The van der Waals surface area contributed by atoms with Gasteiger partial charge in [-0.05, 0) is 46.6 Å². The Balaban J connectivity index is 2.16. The predicted octanol–water partition coefficient (Wildman–Crippen LogP) is 4.30. The summed E-state index contributed by atoms with van der Waals surface area (Å²) in [5.41, 5.74) is 2.59. The van der Waals surface area contributed by atoms with E-state index in [1.165, 1.54) is 0 Å². The van der Waals surface area contributed by atoms with Crippen LogP contribution in [0.4, 0.5) is 5.69 Å². The Morgan fingerprint density at radius 1 is 1.26 bits per heavy atom. The van der Waals surface area contributed by atoms with Crippen LogP contribution < -0.4 is 4.74 Å². The molecule has 19 heavy (non-hydrogen) atoms. The SMILES string of the molecule is Cc1ccc(OCc2ccccc2N=C=O)c(Br)c1. The fraction of sp³-hybridized carbons (Fsp3) is 0.133. The molecule has 0 aromatic heterocycles. The molecule has 3 nitrogen and oxygen atoms in total. The zero-order valence-electron chi connectivity index (χ0n) is 10.4. The number of para-hydroxylation sites is 1. The van der Waals surface area contributed by atoms with Crippen LogP contribution >= 0.6 is 15.9 Å². The summed E-state index contributed by atoms with van der Waals surface area (Å²) < 4.78 is 6.63. The molecular formula is C15H12BrNO2. The second-order valence-corrected chi connectivity index (χ2v) is 4.91. The largest absolute Gasteiger partial charge is 0.488 e. The third-order valence-corrected chi connectivity index (χ3v) is 3.25. The minimum atomic E-state index is 0.350. The number of ether oxygens (including phenoxy) is 1. The lowest BCUT2D eigenvalue weighted by Gasteiger charge is -2.10. The van der Waals surface area contributed by atoms with Gasteiger partial charge in [-0.25, -0.2) is 4.79 Å². The fourth-order valence-electron chi connectivity index (χ4n) is 1.67. The average Bonchev–Trinajstić information content (AvgIpc) is 2.40. The summed E-state index contributed by atoms with van der Waals surface area (Å²) in [7, 11) is 0. The van der Waals surface area contributed by atoms with Gasteiger partial charge in [-0.1, -0.05) is 24.3 Å². The van der Waals surface area contributed by atoms with E-state index in [1.54, 1.807) is 12.1 Å². The highest BCUT2D eigenvalue weighted by atomic mass is 79.9. The van der Waals surface area contributed by atoms with Crippen LogP contribution in [0, 0.1) is 6.92 Å². The maximum absolute atomic E-state index is 10.4. The standard InChI is InChI=1S/C15H12BrNO2/c1-11-6-7-15(13(16)8-11)19-9-12-4-2-3-5-14(12)17-10-18/h2-8H,9H2,1H3. The molecule has 0 radical (unpaired) electrons. The summed E-state index contributed by atoms with van der Waals surface area (Å²) in [6, 6.07) is 13.2. The van der Waals surface area contributed by atoms with Crippen molar-refractivity contribution in [1.29, 1.82) is 0 Å². The van der Waals surface area contributed by atoms with Crippen LogP contribution in [0.25, 0.3) is 0 Å². The summed E-state index contributed by atoms with van der Waals surface area (Å²) in [6.45, 7) is 2.37. The minimum Gasteiger partial charge on any atom is -0.488 e. The molecule has 0 aliphatic rings. The van der Waals surface area contributed by atoms with Crippen molar-refractivity contribution >= 4 is 27.7 Å². The fourth-order valence-corrected chi connectivity index (χ4v) is 2.28. The topological polar surface area (TPSA) is 38.7 Å². The molecule has 2 aromatic rings. The van der Waals surface area contributed by atoms with Crippen molar-refractivity contribution in [2.24, 2.45) is 4.99 Å². The molecule has 4 heteroatoms. The molecule has 0 N–H and O–H groups in total. The van der Waals surface area contributed by atoms with Crippen molar-refractivity contribution in [1.82, 2.24) is 0 Å². The minimum absolute atomic E-state index is 0.350. The predicted molar refractivity (Wildman–Crippen MR) is 77.4 cm³/mol. The number of aryl methyl sites for hydroxylation is 1. The maximum atomic E-state index is 10.4. The van der Waals surface area contributed by atoms with Gasteiger partial charge in [-0.15, -0.1) is 0 Å². The smallest absolute Gasteiger partial charge is 0.240 e. The molecule has 0 aliphatic carbocycles. The van der Waals surface area contributed by atoms with Crippen molar-refractivity contribution < 1.29 is 9.53 Å². The zero-order chi connectivity index (χ0) is 13.7. The van der Waals surface area contributed by atoms with Crippen molar-refractivity contribution in [3.05, 3.63) is 58.1 Å². The van der Waals surface area contributed by atoms with Gasteiger partial charge in [0.25, 0.3) is 0 Å². The van der Waals surface area contributed by atoms with Gasteiger partial charge < -0.3 is 4.74 Å². The summed E-state index contributed by atoms with van der Waals surface area (Å²) in [5, 5.41) is 0. The molecule has 0 spiro atoms. The van der Waals surface area contributed by atoms with Crippen LogP contribution in [-0.4, -0.2) is 6.08 Å². The first-order chi connectivity index (χ1) is 9.20. The van der Waals surface area contributed by atoms with E-state index < -0.39 is 0 Å². The van der Waals surface area contributed by atoms with Crippen molar-refractivity contribution in [2.45, 2.75) is 13.5 Å². The van der Waals surface area contributed by atoms with Crippen molar-refractivity contribution in [2.75, 3.05) is 0 Å². The number of hydrogen-bond donors (Lipinski definition) is 0. The second-order valence-electron chi connectivity index (χ2n) is 4.05. The molecule has 0 aliphatic heterocycles. The van der Waals surface area contributed by atoms with E-state index in [1.807, 2.05) is 43.3 Å². The number of rotatable bonds is 4. The number of benzene rings is 2. The summed E-state index contributed by atoms with van der Waals surface area (Å²) in [6.07, 6.45) is 1.55. The molecule has 2 aromatic carbocycles. The number of halogens is 1. The van der Waals surface area contributed by atoms with Crippen molar-refractivity contribution in [3.8, 4) is 5.75 Å². The molecule has 0 heterocycles. The van der Waals surface area contributed by atoms with Crippen LogP contribution in [0.5, 0.6) is 5.75 Å². The van der Waals surface area contributed by atoms with E-state index in [0.717, 1.165) is 21.3 Å². The van der Waals surface area contributed by atoms with Crippen molar-refractivity contribution in [3.63, 3.8) is 0 Å². The molecule has 0 saturated heterocycles. The third kappa shape index (κ3) is 3.53. The number of hydrogen-bond acceptors (Lipinski definition) is 3. The number of aliphatic imine (C=N–C) groups is 1. The van der Waals surface area contributed by atoms with Gasteiger partial charge in [0.05, 0.1) is 10.2 Å². The number of carbonyl (C=O) groups excluding carboxylic acids is 1. The highest BCUT2D eigenvalue weighted by Crippen LogP contribution is 2.27.